The molecule has 1 aromatic heterocycles. The molecule has 1 aliphatic rings. The van der Waals surface area contributed by atoms with Gasteiger partial charge in [-0.25, -0.2) is 0 Å². The summed E-state index contributed by atoms with van der Waals surface area (Å²) in [5.74, 6) is 0.638. The number of hydrogen-bond acceptors (Lipinski definition) is 1. The monoisotopic (exact) mass is 256 g/mol. The van der Waals surface area contributed by atoms with Crippen LogP contribution in [0.15, 0.2) is 30.3 Å². The van der Waals surface area contributed by atoms with Crippen LogP contribution in [0.5, 0.6) is 0 Å². The second-order valence-electron chi connectivity index (χ2n) is 5.97. The van der Waals surface area contributed by atoms with Crippen molar-refractivity contribution >= 4 is 16.8 Å². The molecule has 1 saturated carbocycles. The molecule has 19 heavy (non-hydrogen) atoms. The highest BCUT2D eigenvalue weighted by Gasteiger charge is 2.45. The minimum atomic E-state index is 0.00289. The van der Waals surface area contributed by atoms with Gasteiger partial charge in [-0.1, -0.05) is 32.0 Å². The third-order valence-electron chi connectivity index (χ3n) is 4.49. The number of nitrogens with one attached hydrogen (secondary N) is 2. The van der Waals surface area contributed by atoms with Gasteiger partial charge < -0.3 is 10.3 Å². The van der Waals surface area contributed by atoms with E-state index < -0.39 is 0 Å². The Morgan fingerprint density at radius 2 is 2.11 bits per heavy atom. The van der Waals surface area contributed by atoms with Crippen molar-refractivity contribution in [3.05, 3.63) is 36.0 Å². The van der Waals surface area contributed by atoms with E-state index >= 15 is 0 Å². The number of H-pyrrole nitrogens is 1. The van der Waals surface area contributed by atoms with Gasteiger partial charge in [0.2, 0.25) is 0 Å². The lowest BCUT2D eigenvalue weighted by Crippen LogP contribution is -2.32. The van der Waals surface area contributed by atoms with Gasteiger partial charge in [-0.15, -0.1) is 0 Å². The van der Waals surface area contributed by atoms with Crippen LogP contribution in [0.1, 0.15) is 37.2 Å². The van der Waals surface area contributed by atoms with Gasteiger partial charge in [0.05, 0.1) is 0 Å². The number of carbonyl (C=O) groups is 1. The largest absolute Gasteiger partial charge is 0.351 e. The Morgan fingerprint density at radius 1 is 1.37 bits per heavy atom. The second kappa shape index (κ2) is 4.41. The minimum absolute atomic E-state index is 0.00289. The Morgan fingerprint density at radius 3 is 2.74 bits per heavy atom. The van der Waals surface area contributed by atoms with Crippen LogP contribution in [-0.4, -0.2) is 17.4 Å². The molecule has 0 spiro atoms. The fourth-order valence-electron chi connectivity index (χ4n) is 2.67. The molecule has 0 aliphatic heterocycles. The van der Waals surface area contributed by atoms with Crippen LogP contribution in [0, 0.1) is 11.3 Å². The highest BCUT2D eigenvalue weighted by Crippen LogP contribution is 2.51. The predicted octanol–water partition coefficient (Wildman–Crippen LogP) is 3.33. The zero-order valence-electron chi connectivity index (χ0n) is 11.5. The van der Waals surface area contributed by atoms with Crippen molar-refractivity contribution in [1.29, 1.82) is 0 Å². The maximum Gasteiger partial charge on any atom is 0.267 e. The maximum atomic E-state index is 12.2. The van der Waals surface area contributed by atoms with Crippen LogP contribution in [-0.2, 0) is 0 Å². The SMILES string of the molecule is CC(C)C1(CNC(=O)c2cc3ccccc3[nH]2)CC1. The lowest BCUT2D eigenvalue weighted by Gasteiger charge is -2.19. The Hall–Kier alpha value is -1.77. The van der Waals surface area contributed by atoms with E-state index in [1.165, 1.54) is 12.8 Å². The van der Waals surface area contributed by atoms with Crippen LogP contribution in [0.3, 0.4) is 0 Å². The van der Waals surface area contributed by atoms with Crippen molar-refractivity contribution in [2.45, 2.75) is 26.7 Å². The lowest BCUT2D eigenvalue weighted by molar-refractivity contribution is 0.0935. The smallest absolute Gasteiger partial charge is 0.267 e. The van der Waals surface area contributed by atoms with Crippen molar-refractivity contribution in [1.82, 2.24) is 10.3 Å². The summed E-state index contributed by atoms with van der Waals surface area (Å²) >= 11 is 0. The fourth-order valence-corrected chi connectivity index (χ4v) is 2.67. The first-order valence-corrected chi connectivity index (χ1v) is 6.97. The highest BCUT2D eigenvalue weighted by atomic mass is 16.1. The summed E-state index contributed by atoms with van der Waals surface area (Å²) in [6.07, 6.45) is 2.47. The summed E-state index contributed by atoms with van der Waals surface area (Å²) < 4.78 is 0. The molecule has 1 amide bonds. The quantitative estimate of drug-likeness (QED) is 0.866. The average molecular weight is 256 g/mol. The van der Waals surface area contributed by atoms with Crippen molar-refractivity contribution in [2.75, 3.05) is 6.54 Å². The molecular formula is C16H20N2O. The van der Waals surface area contributed by atoms with E-state index in [-0.39, 0.29) is 5.91 Å². The number of aromatic nitrogens is 1. The number of para-hydroxylation sites is 1. The third kappa shape index (κ3) is 2.25. The minimum Gasteiger partial charge on any atom is -0.351 e. The third-order valence-corrected chi connectivity index (χ3v) is 4.49. The van der Waals surface area contributed by atoms with Crippen molar-refractivity contribution in [3.8, 4) is 0 Å². The van der Waals surface area contributed by atoms with Crippen LogP contribution in [0.4, 0.5) is 0 Å². The van der Waals surface area contributed by atoms with Crippen LogP contribution >= 0.6 is 0 Å². The molecule has 2 N–H and O–H groups in total. The number of benzene rings is 1. The molecule has 1 heterocycles. The number of amides is 1. The van der Waals surface area contributed by atoms with Crippen molar-refractivity contribution < 1.29 is 4.79 Å². The topological polar surface area (TPSA) is 44.9 Å². The molecule has 1 aliphatic carbocycles. The van der Waals surface area contributed by atoms with Gasteiger partial charge in [0.1, 0.15) is 5.69 Å². The normalized spacial score (nSPS) is 16.8. The lowest BCUT2D eigenvalue weighted by atomic mass is 9.92. The van der Waals surface area contributed by atoms with E-state index in [4.69, 9.17) is 0 Å². The van der Waals surface area contributed by atoms with E-state index in [1.54, 1.807) is 0 Å². The van der Waals surface area contributed by atoms with Crippen LogP contribution in [0.25, 0.3) is 10.9 Å². The first-order chi connectivity index (χ1) is 9.11. The van der Waals surface area contributed by atoms with Gasteiger partial charge in [-0.3, -0.25) is 4.79 Å². The predicted molar refractivity (Wildman–Crippen MR) is 77.1 cm³/mol. The van der Waals surface area contributed by atoms with Gasteiger partial charge >= 0.3 is 0 Å². The number of fused-ring (bicyclic) bond motifs is 1. The number of rotatable bonds is 4. The molecule has 1 fully saturated rings. The van der Waals surface area contributed by atoms with Gasteiger partial charge in [-0.05, 0) is 36.3 Å². The van der Waals surface area contributed by atoms with Crippen molar-refractivity contribution in [3.63, 3.8) is 0 Å². The standard InChI is InChI=1S/C16H20N2O/c1-11(2)16(7-8-16)10-17-15(19)14-9-12-5-3-4-6-13(12)18-14/h3-6,9,11,18H,7-8,10H2,1-2H3,(H,17,19). The van der Waals surface area contributed by atoms with Gasteiger partial charge in [0.25, 0.3) is 5.91 Å². The molecule has 0 unspecified atom stereocenters. The molecule has 100 valence electrons. The Kier molecular flexibility index (Phi) is 2.85. The summed E-state index contributed by atoms with van der Waals surface area (Å²) in [5, 5.41) is 4.15. The number of carbonyl (C=O) groups excluding carboxylic acids is 1. The molecule has 0 bridgehead atoms. The van der Waals surface area contributed by atoms with E-state index in [1.807, 2.05) is 30.3 Å². The fraction of sp³-hybridized carbons (Fsp3) is 0.438. The molecule has 3 rings (SSSR count). The van der Waals surface area contributed by atoms with E-state index in [2.05, 4.69) is 24.1 Å². The second-order valence-corrected chi connectivity index (χ2v) is 5.97. The van der Waals surface area contributed by atoms with Gasteiger partial charge in [0.15, 0.2) is 0 Å². The first-order valence-electron chi connectivity index (χ1n) is 6.97. The van der Waals surface area contributed by atoms with Crippen LogP contribution < -0.4 is 5.32 Å². The number of hydrogen-bond donors (Lipinski definition) is 2. The molecule has 0 radical (unpaired) electrons. The first kappa shape index (κ1) is 12.3. The van der Waals surface area contributed by atoms with Gasteiger partial charge in [0, 0.05) is 17.4 Å². The van der Waals surface area contributed by atoms with E-state index in [0.717, 1.165) is 17.4 Å². The summed E-state index contributed by atoms with van der Waals surface area (Å²) in [7, 11) is 0. The van der Waals surface area contributed by atoms with Crippen LogP contribution in [0.2, 0.25) is 0 Å². The Labute approximate surface area is 113 Å². The highest BCUT2D eigenvalue weighted by molar-refractivity contribution is 5.97. The zero-order chi connectivity index (χ0) is 13.5. The summed E-state index contributed by atoms with van der Waals surface area (Å²) in [6.45, 7) is 5.27. The maximum absolute atomic E-state index is 12.2. The van der Waals surface area contributed by atoms with Crippen molar-refractivity contribution in [2.24, 2.45) is 11.3 Å². The summed E-state index contributed by atoms with van der Waals surface area (Å²) in [6, 6.07) is 9.87. The Balaban J connectivity index is 1.70. The molecule has 2 aromatic rings. The Bertz CT molecular complexity index is 575. The zero-order valence-corrected chi connectivity index (χ0v) is 11.5. The van der Waals surface area contributed by atoms with Gasteiger partial charge in [-0.2, -0.15) is 0 Å². The molecule has 3 nitrogen and oxygen atoms in total. The average Bonchev–Trinajstić information content (AvgIpc) is 3.07. The molecule has 3 heteroatoms. The summed E-state index contributed by atoms with van der Waals surface area (Å²) in [4.78, 5) is 15.3. The van der Waals surface area contributed by atoms with E-state index in [9.17, 15) is 4.79 Å². The molecule has 1 aromatic carbocycles. The number of aromatic amines is 1. The molecule has 0 atom stereocenters. The summed E-state index contributed by atoms with van der Waals surface area (Å²) in [5.41, 5.74) is 2.01. The molecular weight excluding hydrogens is 236 g/mol. The molecule has 0 saturated heterocycles. The van der Waals surface area contributed by atoms with E-state index in [0.29, 0.717) is 17.0 Å².